The van der Waals surface area contributed by atoms with Gasteiger partial charge in [0.2, 0.25) is 0 Å². The van der Waals surface area contributed by atoms with Crippen molar-refractivity contribution in [2.75, 3.05) is 19.0 Å². The predicted octanol–water partition coefficient (Wildman–Crippen LogP) is 2.17. The van der Waals surface area contributed by atoms with Crippen molar-refractivity contribution in [1.82, 2.24) is 0 Å². The standard InChI is InChI=1S/C10H14N/c1-8-6-5-7-10(9(8)2)11(3)4/h5-6H,1-4H3. The van der Waals surface area contributed by atoms with Gasteiger partial charge in [-0.15, -0.1) is 0 Å². The van der Waals surface area contributed by atoms with Crippen LogP contribution in [0.5, 0.6) is 0 Å². The van der Waals surface area contributed by atoms with Crippen LogP contribution in [0.4, 0.5) is 5.69 Å². The molecular weight excluding hydrogens is 134 g/mol. The first-order chi connectivity index (χ1) is 5.13. The number of nitrogens with zero attached hydrogens (tertiary/aromatic N) is 1. The zero-order valence-electron chi connectivity index (χ0n) is 7.60. The molecule has 1 rings (SSSR count). The number of hydrogen-bond acceptors (Lipinski definition) is 1. The van der Waals surface area contributed by atoms with Gasteiger partial charge < -0.3 is 4.90 Å². The molecule has 1 aromatic carbocycles. The maximum atomic E-state index is 3.20. The van der Waals surface area contributed by atoms with Gasteiger partial charge in [-0.25, -0.2) is 0 Å². The lowest BCUT2D eigenvalue weighted by atomic mass is 10.1. The number of benzene rings is 1. The third kappa shape index (κ3) is 1.53. The van der Waals surface area contributed by atoms with Crippen molar-refractivity contribution in [2.24, 2.45) is 0 Å². The number of rotatable bonds is 1. The minimum atomic E-state index is 1.19. The summed E-state index contributed by atoms with van der Waals surface area (Å²) in [5, 5.41) is 0. The van der Waals surface area contributed by atoms with Gasteiger partial charge in [0, 0.05) is 25.8 Å². The first kappa shape index (κ1) is 8.12. The Labute approximate surface area is 68.7 Å². The summed E-state index contributed by atoms with van der Waals surface area (Å²) in [5.74, 6) is 0. The normalized spacial score (nSPS) is 9.82. The van der Waals surface area contributed by atoms with Gasteiger partial charge in [0.25, 0.3) is 0 Å². The molecule has 1 nitrogen and oxygen atoms in total. The molecule has 0 saturated heterocycles. The first-order valence-electron chi connectivity index (χ1n) is 3.78. The molecule has 0 aromatic heterocycles. The van der Waals surface area contributed by atoms with Gasteiger partial charge in [-0.1, -0.05) is 12.1 Å². The molecular formula is C10H14N. The number of hydrogen-bond donors (Lipinski definition) is 0. The predicted molar refractivity (Wildman–Crippen MR) is 49.1 cm³/mol. The van der Waals surface area contributed by atoms with Gasteiger partial charge in [0.1, 0.15) is 0 Å². The molecule has 0 amide bonds. The Hall–Kier alpha value is -0.980. The van der Waals surface area contributed by atoms with E-state index in [1.54, 1.807) is 0 Å². The van der Waals surface area contributed by atoms with Crippen LogP contribution in [0.25, 0.3) is 0 Å². The minimum Gasteiger partial charge on any atom is -0.377 e. The molecule has 0 aliphatic heterocycles. The third-order valence-electron chi connectivity index (χ3n) is 1.95. The summed E-state index contributed by atoms with van der Waals surface area (Å²) in [6.07, 6.45) is 0. The monoisotopic (exact) mass is 148 g/mol. The molecule has 0 N–H and O–H groups in total. The second-order valence-electron chi connectivity index (χ2n) is 3.03. The van der Waals surface area contributed by atoms with Crippen molar-refractivity contribution >= 4 is 5.69 Å². The Morgan fingerprint density at radius 1 is 1.27 bits per heavy atom. The van der Waals surface area contributed by atoms with Crippen molar-refractivity contribution < 1.29 is 0 Å². The van der Waals surface area contributed by atoms with E-state index in [0.29, 0.717) is 0 Å². The van der Waals surface area contributed by atoms with Crippen molar-refractivity contribution in [3.05, 3.63) is 29.3 Å². The van der Waals surface area contributed by atoms with E-state index in [9.17, 15) is 0 Å². The number of anilines is 1. The van der Waals surface area contributed by atoms with Crippen LogP contribution in [0, 0.1) is 19.9 Å². The van der Waals surface area contributed by atoms with E-state index in [-0.39, 0.29) is 0 Å². The molecule has 0 unspecified atom stereocenters. The molecule has 0 spiro atoms. The highest BCUT2D eigenvalue weighted by Crippen LogP contribution is 2.19. The zero-order chi connectivity index (χ0) is 8.43. The minimum absolute atomic E-state index is 1.19. The van der Waals surface area contributed by atoms with Crippen LogP contribution in [-0.2, 0) is 0 Å². The fourth-order valence-corrected chi connectivity index (χ4v) is 1.13. The van der Waals surface area contributed by atoms with Gasteiger partial charge in [-0.3, -0.25) is 0 Å². The molecule has 0 aliphatic rings. The van der Waals surface area contributed by atoms with Crippen molar-refractivity contribution in [1.29, 1.82) is 0 Å². The summed E-state index contributed by atoms with van der Waals surface area (Å²) < 4.78 is 0. The second-order valence-corrected chi connectivity index (χ2v) is 3.03. The van der Waals surface area contributed by atoms with Gasteiger partial charge >= 0.3 is 0 Å². The maximum Gasteiger partial charge on any atom is 0.0473 e. The molecule has 11 heavy (non-hydrogen) atoms. The van der Waals surface area contributed by atoms with E-state index < -0.39 is 0 Å². The third-order valence-corrected chi connectivity index (χ3v) is 1.95. The molecule has 0 aliphatic carbocycles. The Bertz CT molecular complexity index is 251. The largest absolute Gasteiger partial charge is 0.377 e. The summed E-state index contributed by atoms with van der Waals surface area (Å²) in [6.45, 7) is 4.25. The SMILES string of the molecule is Cc1cc[c]c(N(C)C)c1C. The molecule has 1 radical (unpaired) electrons. The average molecular weight is 148 g/mol. The van der Waals surface area contributed by atoms with Crippen LogP contribution < -0.4 is 4.90 Å². The average Bonchev–Trinajstić information content (AvgIpc) is 1.94. The Morgan fingerprint density at radius 2 is 1.91 bits per heavy atom. The molecule has 0 fully saturated rings. The molecule has 0 heterocycles. The van der Waals surface area contributed by atoms with Gasteiger partial charge in [-0.2, -0.15) is 0 Å². The van der Waals surface area contributed by atoms with Crippen molar-refractivity contribution in [3.8, 4) is 0 Å². The topological polar surface area (TPSA) is 3.24 Å². The summed E-state index contributed by atoms with van der Waals surface area (Å²) in [7, 11) is 4.08. The van der Waals surface area contributed by atoms with E-state index in [1.165, 1.54) is 16.8 Å². The van der Waals surface area contributed by atoms with Crippen LogP contribution >= 0.6 is 0 Å². The highest BCUT2D eigenvalue weighted by molar-refractivity contribution is 5.53. The molecule has 0 bridgehead atoms. The smallest absolute Gasteiger partial charge is 0.0473 e. The summed E-state index contributed by atoms with van der Waals surface area (Å²) in [4.78, 5) is 2.09. The van der Waals surface area contributed by atoms with Crippen molar-refractivity contribution in [3.63, 3.8) is 0 Å². The van der Waals surface area contributed by atoms with E-state index >= 15 is 0 Å². The fraction of sp³-hybridized carbons (Fsp3) is 0.400. The molecule has 1 heteroatoms. The highest BCUT2D eigenvalue weighted by atomic mass is 15.1. The summed E-state index contributed by atoms with van der Waals surface area (Å²) in [6, 6.07) is 7.26. The van der Waals surface area contributed by atoms with Gasteiger partial charge in [0.15, 0.2) is 0 Å². The first-order valence-corrected chi connectivity index (χ1v) is 3.78. The zero-order valence-corrected chi connectivity index (χ0v) is 7.60. The Morgan fingerprint density at radius 3 is 2.36 bits per heavy atom. The van der Waals surface area contributed by atoms with E-state index in [4.69, 9.17) is 0 Å². The second kappa shape index (κ2) is 2.95. The highest BCUT2D eigenvalue weighted by Gasteiger charge is 2.00. The van der Waals surface area contributed by atoms with Gasteiger partial charge in [-0.05, 0) is 25.0 Å². The molecule has 1 aromatic rings. The van der Waals surface area contributed by atoms with Crippen LogP contribution in [-0.4, -0.2) is 14.1 Å². The quantitative estimate of drug-likeness (QED) is 0.590. The van der Waals surface area contributed by atoms with Crippen LogP contribution in [0.1, 0.15) is 11.1 Å². The van der Waals surface area contributed by atoms with E-state index in [1.807, 2.05) is 20.2 Å². The number of aryl methyl sites for hydroxylation is 1. The Balaban J connectivity index is 3.17. The Kier molecular flexibility index (Phi) is 2.18. The molecule has 0 atom stereocenters. The summed E-state index contributed by atoms with van der Waals surface area (Å²) >= 11 is 0. The molecule has 0 saturated carbocycles. The fourth-order valence-electron chi connectivity index (χ4n) is 1.13. The van der Waals surface area contributed by atoms with Crippen molar-refractivity contribution in [2.45, 2.75) is 13.8 Å². The lowest BCUT2D eigenvalue weighted by Gasteiger charge is -2.15. The van der Waals surface area contributed by atoms with E-state index in [2.05, 4.69) is 30.9 Å². The van der Waals surface area contributed by atoms with Gasteiger partial charge in [0.05, 0.1) is 0 Å². The lowest BCUT2D eigenvalue weighted by Crippen LogP contribution is -2.10. The van der Waals surface area contributed by atoms with Crippen LogP contribution in [0.3, 0.4) is 0 Å². The maximum absolute atomic E-state index is 3.20. The van der Waals surface area contributed by atoms with E-state index in [0.717, 1.165) is 0 Å². The van der Waals surface area contributed by atoms with Crippen LogP contribution in [0.2, 0.25) is 0 Å². The summed E-state index contributed by atoms with van der Waals surface area (Å²) in [5.41, 5.74) is 3.83. The lowest BCUT2D eigenvalue weighted by molar-refractivity contribution is 1.10. The van der Waals surface area contributed by atoms with Crippen LogP contribution in [0.15, 0.2) is 12.1 Å². The molecule has 59 valence electrons.